The molecule has 0 spiro atoms. The molecule has 0 saturated carbocycles. The topological polar surface area (TPSA) is 83.1 Å². The van der Waals surface area contributed by atoms with Gasteiger partial charge >= 0.3 is 0 Å². The summed E-state index contributed by atoms with van der Waals surface area (Å²) in [4.78, 5) is 27.9. The summed E-state index contributed by atoms with van der Waals surface area (Å²) in [6.07, 6.45) is 0.806. The minimum absolute atomic E-state index is 0.0153. The van der Waals surface area contributed by atoms with Crippen LogP contribution in [0.5, 0.6) is 0 Å². The Balaban J connectivity index is 2.01. The van der Waals surface area contributed by atoms with Gasteiger partial charge in [0.05, 0.1) is 0 Å². The molecule has 2 rings (SSSR count). The van der Waals surface area contributed by atoms with E-state index >= 15 is 0 Å². The van der Waals surface area contributed by atoms with Crippen molar-refractivity contribution in [2.24, 2.45) is 5.92 Å². The Morgan fingerprint density at radius 3 is 2.64 bits per heavy atom. The van der Waals surface area contributed by atoms with Crippen molar-refractivity contribution >= 4 is 23.3 Å². The number of carbonyl (C=O) groups is 2. The third-order valence-electron chi connectivity index (χ3n) is 3.94. The Hall–Kier alpha value is -2.89. The summed E-state index contributed by atoms with van der Waals surface area (Å²) in [5.74, 6) is 0.402. The van der Waals surface area contributed by atoms with Crippen LogP contribution < -0.4 is 16.0 Å². The molecule has 2 amide bonds. The van der Waals surface area contributed by atoms with Crippen LogP contribution in [0.4, 0.5) is 11.5 Å². The SMILES string of the molecule is CC[C@H](C)C(=O)Nc1cccc(CNc2cccc(C(=O)NC)n2)c1. The van der Waals surface area contributed by atoms with E-state index in [1.807, 2.05) is 38.1 Å². The zero-order valence-electron chi connectivity index (χ0n) is 14.8. The molecule has 0 aliphatic rings. The van der Waals surface area contributed by atoms with Crippen molar-refractivity contribution in [1.29, 1.82) is 0 Å². The average Bonchev–Trinajstić information content (AvgIpc) is 2.65. The molecule has 6 nitrogen and oxygen atoms in total. The molecule has 0 fully saturated rings. The van der Waals surface area contributed by atoms with E-state index in [-0.39, 0.29) is 17.7 Å². The third-order valence-corrected chi connectivity index (χ3v) is 3.94. The second-order valence-electron chi connectivity index (χ2n) is 5.84. The van der Waals surface area contributed by atoms with Crippen LogP contribution in [0, 0.1) is 5.92 Å². The zero-order chi connectivity index (χ0) is 18.2. The zero-order valence-corrected chi connectivity index (χ0v) is 14.8. The number of hydrogen-bond donors (Lipinski definition) is 3. The Morgan fingerprint density at radius 2 is 1.92 bits per heavy atom. The molecule has 0 radical (unpaired) electrons. The Labute approximate surface area is 148 Å². The molecule has 1 atom stereocenters. The van der Waals surface area contributed by atoms with E-state index in [1.54, 1.807) is 25.2 Å². The molecule has 0 unspecified atom stereocenters. The third kappa shape index (κ3) is 5.31. The molecule has 6 heteroatoms. The molecule has 25 heavy (non-hydrogen) atoms. The normalized spacial score (nSPS) is 11.5. The van der Waals surface area contributed by atoms with Gasteiger partial charge in [-0.25, -0.2) is 4.98 Å². The second kappa shape index (κ2) is 8.82. The molecular formula is C19H24N4O2. The number of nitrogens with zero attached hydrogens (tertiary/aromatic N) is 1. The van der Waals surface area contributed by atoms with Crippen LogP contribution in [-0.2, 0) is 11.3 Å². The van der Waals surface area contributed by atoms with Crippen LogP contribution in [-0.4, -0.2) is 23.8 Å². The molecule has 0 aliphatic carbocycles. The molecule has 0 bridgehead atoms. The summed E-state index contributed by atoms with van der Waals surface area (Å²) < 4.78 is 0. The molecular weight excluding hydrogens is 316 g/mol. The van der Waals surface area contributed by atoms with Crippen LogP contribution in [0.3, 0.4) is 0 Å². The van der Waals surface area contributed by atoms with Gasteiger partial charge in [0.15, 0.2) is 0 Å². The molecule has 3 N–H and O–H groups in total. The minimum Gasteiger partial charge on any atom is -0.366 e. The van der Waals surface area contributed by atoms with Crippen LogP contribution in [0.15, 0.2) is 42.5 Å². The fourth-order valence-corrected chi connectivity index (χ4v) is 2.19. The monoisotopic (exact) mass is 340 g/mol. The van der Waals surface area contributed by atoms with Crippen LogP contribution in [0.1, 0.15) is 36.3 Å². The number of nitrogens with one attached hydrogen (secondary N) is 3. The lowest BCUT2D eigenvalue weighted by Gasteiger charge is -2.12. The van der Waals surface area contributed by atoms with Gasteiger partial charge in [-0.1, -0.05) is 32.0 Å². The summed E-state index contributed by atoms with van der Waals surface area (Å²) in [6, 6.07) is 12.9. The number of benzene rings is 1. The maximum atomic E-state index is 12.0. The molecule has 1 heterocycles. The van der Waals surface area contributed by atoms with Crippen molar-refractivity contribution in [2.75, 3.05) is 17.7 Å². The quantitative estimate of drug-likeness (QED) is 0.723. The van der Waals surface area contributed by atoms with Gasteiger partial charge in [0.1, 0.15) is 11.5 Å². The molecule has 0 saturated heterocycles. The standard InChI is InChI=1S/C19H24N4O2/c1-4-13(2)18(24)22-15-8-5-7-14(11-15)12-21-17-10-6-9-16(23-17)19(25)20-3/h5-11,13H,4,12H2,1-3H3,(H,20,25)(H,21,23)(H,22,24)/t13-/m0/s1. The highest BCUT2D eigenvalue weighted by Crippen LogP contribution is 2.14. The van der Waals surface area contributed by atoms with Gasteiger partial charge in [0.25, 0.3) is 5.91 Å². The number of amides is 2. The highest BCUT2D eigenvalue weighted by molar-refractivity contribution is 5.92. The number of carbonyl (C=O) groups excluding carboxylic acids is 2. The summed E-state index contributed by atoms with van der Waals surface area (Å²) in [6.45, 7) is 4.44. The van der Waals surface area contributed by atoms with Gasteiger partial charge in [0.2, 0.25) is 5.91 Å². The predicted molar refractivity (Wildman–Crippen MR) is 99.5 cm³/mol. The average molecular weight is 340 g/mol. The maximum absolute atomic E-state index is 12.0. The van der Waals surface area contributed by atoms with E-state index in [1.165, 1.54) is 0 Å². The van der Waals surface area contributed by atoms with Gasteiger partial charge in [-0.3, -0.25) is 9.59 Å². The Bertz CT molecular complexity index is 746. The van der Waals surface area contributed by atoms with Crippen LogP contribution in [0.25, 0.3) is 0 Å². The predicted octanol–water partition coefficient (Wildman–Crippen LogP) is 3.04. The van der Waals surface area contributed by atoms with E-state index in [0.717, 1.165) is 17.7 Å². The highest BCUT2D eigenvalue weighted by Gasteiger charge is 2.10. The summed E-state index contributed by atoms with van der Waals surface area (Å²) in [5.41, 5.74) is 2.15. The van der Waals surface area contributed by atoms with Crippen LogP contribution in [0.2, 0.25) is 0 Å². The lowest BCUT2D eigenvalue weighted by Crippen LogP contribution is -2.20. The largest absolute Gasteiger partial charge is 0.366 e. The maximum Gasteiger partial charge on any atom is 0.269 e. The van der Waals surface area contributed by atoms with Gasteiger partial charge < -0.3 is 16.0 Å². The van der Waals surface area contributed by atoms with Crippen molar-refractivity contribution < 1.29 is 9.59 Å². The Morgan fingerprint density at radius 1 is 1.16 bits per heavy atom. The van der Waals surface area contributed by atoms with E-state index < -0.39 is 0 Å². The Kier molecular flexibility index (Phi) is 6.51. The fourth-order valence-electron chi connectivity index (χ4n) is 2.19. The summed E-state index contributed by atoms with van der Waals surface area (Å²) >= 11 is 0. The number of aromatic nitrogens is 1. The number of pyridine rings is 1. The van der Waals surface area contributed by atoms with E-state index in [9.17, 15) is 9.59 Å². The molecule has 0 aliphatic heterocycles. The van der Waals surface area contributed by atoms with Gasteiger partial charge in [-0.15, -0.1) is 0 Å². The first-order valence-electron chi connectivity index (χ1n) is 8.36. The minimum atomic E-state index is -0.224. The molecule has 132 valence electrons. The summed E-state index contributed by atoms with van der Waals surface area (Å²) in [5, 5.41) is 8.67. The van der Waals surface area contributed by atoms with Crippen molar-refractivity contribution in [3.05, 3.63) is 53.7 Å². The second-order valence-corrected chi connectivity index (χ2v) is 5.84. The molecule has 1 aromatic carbocycles. The lowest BCUT2D eigenvalue weighted by atomic mass is 10.1. The van der Waals surface area contributed by atoms with Crippen molar-refractivity contribution in [3.8, 4) is 0 Å². The van der Waals surface area contributed by atoms with E-state index in [0.29, 0.717) is 18.1 Å². The van der Waals surface area contributed by atoms with Crippen molar-refractivity contribution in [3.63, 3.8) is 0 Å². The summed E-state index contributed by atoms with van der Waals surface area (Å²) in [7, 11) is 1.57. The first-order chi connectivity index (χ1) is 12.0. The number of rotatable bonds is 7. The smallest absolute Gasteiger partial charge is 0.269 e. The lowest BCUT2D eigenvalue weighted by molar-refractivity contribution is -0.119. The first kappa shape index (κ1) is 18.4. The molecule has 2 aromatic rings. The van der Waals surface area contributed by atoms with Crippen molar-refractivity contribution in [1.82, 2.24) is 10.3 Å². The number of hydrogen-bond acceptors (Lipinski definition) is 4. The van der Waals surface area contributed by atoms with Gasteiger partial charge in [0, 0.05) is 25.2 Å². The van der Waals surface area contributed by atoms with Crippen LogP contribution >= 0.6 is 0 Å². The van der Waals surface area contributed by atoms with E-state index in [2.05, 4.69) is 20.9 Å². The van der Waals surface area contributed by atoms with Gasteiger partial charge in [-0.05, 0) is 36.2 Å². The molecule has 1 aromatic heterocycles. The first-order valence-corrected chi connectivity index (χ1v) is 8.36. The highest BCUT2D eigenvalue weighted by atomic mass is 16.2. The van der Waals surface area contributed by atoms with Gasteiger partial charge in [-0.2, -0.15) is 0 Å². The van der Waals surface area contributed by atoms with Crippen molar-refractivity contribution in [2.45, 2.75) is 26.8 Å². The van der Waals surface area contributed by atoms with E-state index in [4.69, 9.17) is 0 Å². The fraction of sp³-hybridized carbons (Fsp3) is 0.316. The number of anilines is 2.